The number of cyclic esters (lactones) is 1. The second kappa shape index (κ2) is 11.7. The molecule has 0 saturated heterocycles. The maximum atomic E-state index is 12.1. The molecule has 1 aliphatic heterocycles. The van der Waals surface area contributed by atoms with Gasteiger partial charge in [-0.25, -0.2) is 4.79 Å². The molecule has 4 nitrogen and oxygen atoms in total. The Morgan fingerprint density at radius 1 is 1.27 bits per heavy atom. The molecule has 0 saturated carbocycles. The highest BCUT2D eigenvalue weighted by atomic mass is 16.5. The number of ether oxygens (including phenoxy) is 2. The predicted octanol–water partition coefficient (Wildman–Crippen LogP) is 5.14. The molecule has 0 N–H and O–H groups in total. The summed E-state index contributed by atoms with van der Waals surface area (Å²) in [6, 6.07) is 0. The van der Waals surface area contributed by atoms with E-state index >= 15 is 0 Å². The average molecular weight is 363 g/mol. The van der Waals surface area contributed by atoms with Gasteiger partial charge >= 0.3 is 11.9 Å². The van der Waals surface area contributed by atoms with Gasteiger partial charge in [0.1, 0.15) is 12.2 Å². The lowest BCUT2D eigenvalue weighted by Gasteiger charge is -2.24. The minimum Gasteiger partial charge on any atom is -0.462 e. The lowest BCUT2D eigenvalue weighted by molar-refractivity contribution is -0.151. The Morgan fingerprint density at radius 2 is 1.96 bits per heavy atom. The smallest absolute Gasteiger partial charge is 0.331 e. The molecule has 3 atom stereocenters. The van der Waals surface area contributed by atoms with Crippen LogP contribution in [0.5, 0.6) is 0 Å². The van der Waals surface area contributed by atoms with Crippen LogP contribution < -0.4 is 0 Å². The van der Waals surface area contributed by atoms with Gasteiger partial charge in [0.15, 0.2) is 0 Å². The highest BCUT2D eigenvalue weighted by molar-refractivity contribution is 5.82. The molecule has 1 rings (SSSR count). The van der Waals surface area contributed by atoms with Gasteiger partial charge in [0.25, 0.3) is 0 Å². The molecule has 26 heavy (non-hydrogen) atoms. The van der Waals surface area contributed by atoms with Crippen LogP contribution in [-0.2, 0) is 19.1 Å². The first-order valence-corrected chi connectivity index (χ1v) is 9.69. The van der Waals surface area contributed by atoms with E-state index in [1.165, 1.54) is 6.08 Å². The molecule has 0 unspecified atom stereocenters. The second-order valence-electron chi connectivity index (χ2n) is 7.43. The number of carbonyl (C=O) groups excluding carboxylic acids is 2. The average Bonchev–Trinajstić information content (AvgIpc) is 2.59. The number of carbonyl (C=O) groups is 2. The summed E-state index contributed by atoms with van der Waals surface area (Å²) in [6.07, 6.45) is 12.3. The summed E-state index contributed by atoms with van der Waals surface area (Å²) < 4.78 is 11.2. The van der Waals surface area contributed by atoms with Gasteiger partial charge in [-0.05, 0) is 44.9 Å². The van der Waals surface area contributed by atoms with E-state index in [2.05, 4.69) is 32.9 Å². The van der Waals surface area contributed by atoms with Crippen molar-refractivity contribution in [2.45, 2.75) is 78.9 Å². The molecule has 4 heteroatoms. The Bertz CT molecular complexity index is 542. The summed E-state index contributed by atoms with van der Waals surface area (Å²) in [6.45, 7) is 10.1. The van der Waals surface area contributed by atoms with Gasteiger partial charge in [-0.15, -0.1) is 0 Å². The number of hydrogen-bond acceptors (Lipinski definition) is 4. The molecule has 0 aromatic carbocycles. The van der Waals surface area contributed by atoms with Crippen molar-refractivity contribution in [1.29, 1.82) is 0 Å². The van der Waals surface area contributed by atoms with Crippen molar-refractivity contribution in [3.05, 3.63) is 36.0 Å². The molecular formula is C22H34O4. The molecule has 1 heterocycles. The van der Waals surface area contributed by atoms with Crippen molar-refractivity contribution in [2.24, 2.45) is 11.8 Å². The summed E-state index contributed by atoms with van der Waals surface area (Å²) in [4.78, 5) is 24.2. The first-order valence-electron chi connectivity index (χ1n) is 9.69. The van der Waals surface area contributed by atoms with Crippen molar-refractivity contribution in [1.82, 2.24) is 0 Å². The largest absolute Gasteiger partial charge is 0.462 e. The molecule has 0 aliphatic carbocycles. The lowest BCUT2D eigenvalue weighted by Crippen LogP contribution is -2.26. The highest BCUT2D eigenvalue weighted by Gasteiger charge is 2.22. The number of rotatable bonds is 4. The molecule has 0 bridgehead atoms. The van der Waals surface area contributed by atoms with Crippen LogP contribution in [0.25, 0.3) is 0 Å². The fourth-order valence-corrected chi connectivity index (χ4v) is 2.77. The third-order valence-corrected chi connectivity index (χ3v) is 4.78. The van der Waals surface area contributed by atoms with Gasteiger partial charge in [-0.1, -0.05) is 50.6 Å². The van der Waals surface area contributed by atoms with Gasteiger partial charge in [-0.2, -0.15) is 0 Å². The van der Waals surface area contributed by atoms with Crippen LogP contribution in [0, 0.1) is 11.8 Å². The molecule has 0 amide bonds. The Morgan fingerprint density at radius 3 is 2.62 bits per heavy atom. The molecule has 0 aromatic heterocycles. The summed E-state index contributed by atoms with van der Waals surface area (Å²) in [5.74, 6) is 0.00465. The SMILES string of the molecule is C/C=C(C)/C=C/C(=O)O[C@H]1CCCC(=O)O[C@@H](C(C)C)C/C=C/C[C@@H]1C. The fraction of sp³-hybridized carbons (Fsp3) is 0.636. The molecule has 0 aromatic rings. The summed E-state index contributed by atoms with van der Waals surface area (Å²) in [7, 11) is 0. The van der Waals surface area contributed by atoms with Gasteiger partial charge in [0.05, 0.1) is 0 Å². The van der Waals surface area contributed by atoms with E-state index in [0.717, 1.165) is 18.4 Å². The zero-order chi connectivity index (χ0) is 19.5. The Labute approximate surface area is 158 Å². The summed E-state index contributed by atoms with van der Waals surface area (Å²) in [5, 5.41) is 0. The van der Waals surface area contributed by atoms with Gasteiger partial charge in [0.2, 0.25) is 0 Å². The van der Waals surface area contributed by atoms with Crippen molar-refractivity contribution in [2.75, 3.05) is 0 Å². The first-order chi connectivity index (χ1) is 12.3. The van der Waals surface area contributed by atoms with Crippen LogP contribution in [-0.4, -0.2) is 24.1 Å². The maximum absolute atomic E-state index is 12.1. The van der Waals surface area contributed by atoms with E-state index in [-0.39, 0.29) is 30.1 Å². The van der Waals surface area contributed by atoms with Crippen LogP contribution in [0.4, 0.5) is 0 Å². The minimum absolute atomic E-state index is 0.0675. The fourth-order valence-electron chi connectivity index (χ4n) is 2.77. The van der Waals surface area contributed by atoms with Gasteiger partial charge < -0.3 is 9.47 Å². The van der Waals surface area contributed by atoms with E-state index in [9.17, 15) is 9.59 Å². The maximum Gasteiger partial charge on any atom is 0.331 e. The molecule has 146 valence electrons. The van der Waals surface area contributed by atoms with Crippen molar-refractivity contribution >= 4 is 11.9 Å². The lowest BCUT2D eigenvalue weighted by atomic mass is 9.94. The monoisotopic (exact) mass is 362 g/mol. The molecule has 0 spiro atoms. The van der Waals surface area contributed by atoms with E-state index < -0.39 is 0 Å². The Balaban J connectivity index is 2.74. The van der Waals surface area contributed by atoms with Crippen LogP contribution in [0.2, 0.25) is 0 Å². The molecule has 1 aliphatic rings. The molecule has 0 radical (unpaired) electrons. The molecule has 0 fully saturated rings. The van der Waals surface area contributed by atoms with Crippen molar-refractivity contribution in [3.63, 3.8) is 0 Å². The minimum atomic E-state index is -0.332. The van der Waals surface area contributed by atoms with Crippen LogP contribution in [0.15, 0.2) is 36.0 Å². The number of hydrogen-bond donors (Lipinski definition) is 0. The van der Waals surface area contributed by atoms with Crippen LogP contribution in [0.3, 0.4) is 0 Å². The predicted molar refractivity (Wildman–Crippen MR) is 105 cm³/mol. The summed E-state index contributed by atoms with van der Waals surface area (Å²) in [5.41, 5.74) is 1.01. The van der Waals surface area contributed by atoms with Crippen molar-refractivity contribution in [3.8, 4) is 0 Å². The standard InChI is InChI=1S/C22H34O4/c1-6-17(4)14-15-22(24)26-20-12-9-13-21(23)25-19(16(2)3)11-8-7-10-18(20)5/h6-8,14-16,18-20H,9-13H2,1-5H3/b8-7+,15-14+,17-6+/t18-,19+,20-/m0/s1. The molecular weight excluding hydrogens is 328 g/mol. The van der Waals surface area contributed by atoms with Crippen LogP contribution >= 0.6 is 0 Å². The van der Waals surface area contributed by atoms with E-state index in [4.69, 9.17) is 9.47 Å². The third kappa shape index (κ3) is 8.50. The van der Waals surface area contributed by atoms with E-state index in [1.54, 1.807) is 6.08 Å². The van der Waals surface area contributed by atoms with Crippen LogP contribution in [0.1, 0.15) is 66.7 Å². The second-order valence-corrected chi connectivity index (χ2v) is 7.43. The topological polar surface area (TPSA) is 52.6 Å². The quantitative estimate of drug-likeness (QED) is 0.300. The number of allylic oxidation sites excluding steroid dienone is 4. The third-order valence-electron chi connectivity index (χ3n) is 4.78. The van der Waals surface area contributed by atoms with E-state index in [1.807, 2.05) is 19.9 Å². The normalized spacial score (nSPS) is 27.5. The zero-order valence-electron chi connectivity index (χ0n) is 16.9. The Kier molecular flexibility index (Phi) is 10.0. The Hall–Kier alpha value is -1.84. The van der Waals surface area contributed by atoms with Crippen molar-refractivity contribution < 1.29 is 19.1 Å². The number of esters is 2. The van der Waals surface area contributed by atoms with Gasteiger partial charge in [-0.3, -0.25) is 4.79 Å². The van der Waals surface area contributed by atoms with Gasteiger partial charge in [0, 0.05) is 18.9 Å². The zero-order valence-corrected chi connectivity index (χ0v) is 16.9. The summed E-state index contributed by atoms with van der Waals surface area (Å²) >= 11 is 0. The van der Waals surface area contributed by atoms with E-state index in [0.29, 0.717) is 25.2 Å². The first kappa shape index (κ1) is 22.2. The highest BCUT2D eigenvalue weighted by Crippen LogP contribution is 2.22.